The van der Waals surface area contributed by atoms with Crippen LogP contribution in [-0.2, 0) is 10.2 Å². The number of ether oxygens (including phenoxy) is 3. The fourth-order valence-electron chi connectivity index (χ4n) is 4.03. The first-order chi connectivity index (χ1) is 10.9. The van der Waals surface area contributed by atoms with E-state index in [1.807, 2.05) is 0 Å². The molecule has 1 saturated carbocycles. The molecular formula is C18H25NO3. The molecule has 3 aliphatic rings. The van der Waals surface area contributed by atoms with Gasteiger partial charge in [-0.25, -0.2) is 0 Å². The predicted octanol–water partition coefficient (Wildman–Crippen LogP) is 3.00. The molecule has 4 rings (SSSR count). The van der Waals surface area contributed by atoms with Crippen LogP contribution in [0.15, 0.2) is 18.2 Å². The summed E-state index contributed by atoms with van der Waals surface area (Å²) in [5.41, 5.74) is 1.53. The summed E-state index contributed by atoms with van der Waals surface area (Å²) in [6.45, 7) is 3.08. The van der Waals surface area contributed by atoms with Gasteiger partial charge in [-0.05, 0) is 43.4 Å². The highest BCUT2D eigenvalue weighted by molar-refractivity contribution is 5.47. The quantitative estimate of drug-likeness (QED) is 0.928. The SMILES string of the molecule is c1cc2c(cc1C1(CNC3CCCC3)CCOCC1)OCO2. The van der Waals surface area contributed by atoms with Gasteiger partial charge in [0.2, 0.25) is 6.79 Å². The van der Waals surface area contributed by atoms with Gasteiger partial charge in [0.15, 0.2) is 11.5 Å². The fraction of sp³-hybridized carbons (Fsp3) is 0.667. The Morgan fingerprint density at radius 3 is 2.64 bits per heavy atom. The van der Waals surface area contributed by atoms with Crippen molar-refractivity contribution in [2.75, 3.05) is 26.6 Å². The molecule has 0 radical (unpaired) electrons. The average molecular weight is 303 g/mol. The molecule has 1 N–H and O–H groups in total. The summed E-state index contributed by atoms with van der Waals surface area (Å²) in [5, 5.41) is 3.83. The van der Waals surface area contributed by atoms with E-state index in [0.29, 0.717) is 12.8 Å². The topological polar surface area (TPSA) is 39.7 Å². The molecule has 0 aromatic heterocycles. The zero-order valence-corrected chi connectivity index (χ0v) is 13.1. The van der Waals surface area contributed by atoms with Gasteiger partial charge in [-0.15, -0.1) is 0 Å². The lowest BCUT2D eigenvalue weighted by molar-refractivity contribution is 0.0488. The van der Waals surface area contributed by atoms with Crippen molar-refractivity contribution in [2.24, 2.45) is 0 Å². The highest BCUT2D eigenvalue weighted by Crippen LogP contribution is 2.40. The van der Waals surface area contributed by atoms with E-state index in [9.17, 15) is 0 Å². The minimum absolute atomic E-state index is 0.168. The highest BCUT2D eigenvalue weighted by Gasteiger charge is 2.36. The first kappa shape index (κ1) is 14.3. The van der Waals surface area contributed by atoms with Crippen LogP contribution in [0.5, 0.6) is 11.5 Å². The van der Waals surface area contributed by atoms with Crippen LogP contribution in [0.25, 0.3) is 0 Å². The Bertz CT molecular complexity index is 519. The number of hydrogen-bond acceptors (Lipinski definition) is 4. The van der Waals surface area contributed by atoms with Crippen molar-refractivity contribution in [2.45, 2.75) is 50.0 Å². The minimum atomic E-state index is 0.168. The molecule has 0 atom stereocenters. The van der Waals surface area contributed by atoms with Gasteiger partial charge in [0.25, 0.3) is 0 Å². The first-order valence-corrected chi connectivity index (χ1v) is 8.57. The van der Waals surface area contributed by atoms with Crippen molar-refractivity contribution >= 4 is 0 Å². The molecule has 2 aliphatic heterocycles. The van der Waals surface area contributed by atoms with Crippen LogP contribution in [0.4, 0.5) is 0 Å². The molecule has 2 heterocycles. The largest absolute Gasteiger partial charge is 0.454 e. The van der Waals surface area contributed by atoms with E-state index in [1.54, 1.807) is 0 Å². The van der Waals surface area contributed by atoms with Crippen molar-refractivity contribution in [3.05, 3.63) is 23.8 Å². The molecule has 4 heteroatoms. The van der Waals surface area contributed by atoms with Crippen LogP contribution >= 0.6 is 0 Å². The highest BCUT2D eigenvalue weighted by atomic mass is 16.7. The predicted molar refractivity (Wildman–Crippen MR) is 84.6 cm³/mol. The Labute approximate surface area is 132 Å². The molecule has 22 heavy (non-hydrogen) atoms. The van der Waals surface area contributed by atoms with Crippen molar-refractivity contribution in [3.8, 4) is 11.5 Å². The van der Waals surface area contributed by atoms with Gasteiger partial charge in [0.1, 0.15) is 0 Å². The van der Waals surface area contributed by atoms with E-state index in [2.05, 4.69) is 23.5 Å². The summed E-state index contributed by atoms with van der Waals surface area (Å²) < 4.78 is 16.7. The standard InChI is InChI=1S/C18H25NO3/c1-2-4-15(3-1)19-12-18(7-9-20-10-8-18)14-5-6-16-17(11-14)22-13-21-16/h5-6,11,15,19H,1-4,7-10,12-13H2. The van der Waals surface area contributed by atoms with Crippen LogP contribution in [0.3, 0.4) is 0 Å². The van der Waals surface area contributed by atoms with Gasteiger partial charge in [-0.2, -0.15) is 0 Å². The third kappa shape index (κ3) is 2.70. The molecule has 0 amide bonds. The van der Waals surface area contributed by atoms with E-state index >= 15 is 0 Å². The van der Waals surface area contributed by atoms with Crippen LogP contribution in [-0.4, -0.2) is 32.6 Å². The molecule has 120 valence electrons. The Balaban J connectivity index is 1.56. The molecule has 0 bridgehead atoms. The minimum Gasteiger partial charge on any atom is -0.454 e. The summed E-state index contributed by atoms with van der Waals surface area (Å²) in [4.78, 5) is 0. The summed E-state index contributed by atoms with van der Waals surface area (Å²) in [5.74, 6) is 1.76. The van der Waals surface area contributed by atoms with Gasteiger partial charge < -0.3 is 19.5 Å². The van der Waals surface area contributed by atoms with E-state index < -0.39 is 0 Å². The van der Waals surface area contributed by atoms with Gasteiger partial charge in [-0.3, -0.25) is 0 Å². The summed E-state index contributed by atoms with van der Waals surface area (Å²) in [7, 11) is 0. The second kappa shape index (κ2) is 6.09. The number of rotatable bonds is 4. The number of fused-ring (bicyclic) bond motifs is 1. The Morgan fingerprint density at radius 1 is 1.05 bits per heavy atom. The Morgan fingerprint density at radius 2 is 1.82 bits per heavy atom. The maximum atomic E-state index is 5.63. The Hall–Kier alpha value is -1.26. The van der Waals surface area contributed by atoms with Crippen LogP contribution < -0.4 is 14.8 Å². The summed E-state index contributed by atoms with van der Waals surface area (Å²) in [6.07, 6.45) is 7.55. The van der Waals surface area contributed by atoms with Crippen molar-refractivity contribution in [1.29, 1.82) is 0 Å². The monoisotopic (exact) mass is 303 g/mol. The summed E-state index contributed by atoms with van der Waals surface area (Å²) >= 11 is 0. The summed E-state index contributed by atoms with van der Waals surface area (Å²) in [6, 6.07) is 7.16. The third-order valence-corrected chi connectivity index (χ3v) is 5.52. The van der Waals surface area contributed by atoms with E-state index in [1.165, 1.54) is 31.2 Å². The number of benzene rings is 1. The number of nitrogens with one attached hydrogen (secondary N) is 1. The molecule has 0 unspecified atom stereocenters. The zero-order valence-electron chi connectivity index (χ0n) is 13.1. The molecule has 4 nitrogen and oxygen atoms in total. The second-order valence-electron chi connectivity index (χ2n) is 6.82. The molecule has 1 aromatic rings. The van der Waals surface area contributed by atoms with Gasteiger partial charge in [-0.1, -0.05) is 18.9 Å². The van der Waals surface area contributed by atoms with Crippen LogP contribution in [0.1, 0.15) is 44.1 Å². The van der Waals surface area contributed by atoms with E-state index in [0.717, 1.165) is 44.1 Å². The fourth-order valence-corrected chi connectivity index (χ4v) is 4.03. The third-order valence-electron chi connectivity index (χ3n) is 5.52. The van der Waals surface area contributed by atoms with Gasteiger partial charge >= 0.3 is 0 Å². The molecule has 2 fully saturated rings. The van der Waals surface area contributed by atoms with Crippen molar-refractivity contribution in [3.63, 3.8) is 0 Å². The molecule has 1 saturated heterocycles. The lowest BCUT2D eigenvalue weighted by Crippen LogP contribution is -2.45. The Kier molecular flexibility index (Phi) is 3.97. The van der Waals surface area contributed by atoms with Gasteiger partial charge in [0, 0.05) is 31.2 Å². The molecule has 1 aliphatic carbocycles. The zero-order chi connectivity index (χ0) is 14.8. The van der Waals surface area contributed by atoms with E-state index in [4.69, 9.17) is 14.2 Å². The smallest absolute Gasteiger partial charge is 0.231 e. The van der Waals surface area contributed by atoms with Crippen molar-refractivity contribution < 1.29 is 14.2 Å². The normalized spacial score (nSPS) is 23.8. The first-order valence-electron chi connectivity index (χ1n) is 8.57. The van der Waals surface area contributed by atoms with Crippen LogP contribution in [0.2, 0.25) is 0 Å². The lowest BCUT2D eigenvalue weighted by atomic mass is 9.74. The number of hydrogen-bond donors (Lipinski definition) is 1. The van der Waals surface area contributed by atoms with Gasteiger partial charge in [0.05, 0.1) is 0 Å². The lowest BCUT2D eigenvalue weighted by Gasteiger charge is -2.39. The maximum Gasteiger partial charge on any atom is 0.231 e. The van der Waals surface area contributed by atoms with Crippen LogP contribution in [0, 0.1) is 0 Å². The van der Waals surface area contributed by atoms with Crippen molar-refractivity contribution in [1.82, 2.24) is 5.32 Å². The average Bonchev–Trinajstić information content (AvgIpc) is 3.24. The molecular weight excluding hydrogens is 278 g/mol. The van der Waals surface area contributed by atoms with E-state index in [-0.39, 0.29) is 5.41 Å². The second-order valence-corrected chi connectivity index (χ2v) is 6.82. The maximum absolute atomic E-state index is 5.63. The molecule has 0 spiro atoms. The molecule has 1 aromatic carbocycles.